The molecule has 1 aromatic heterocycles. The molecule has 2 rings (SSSR count). The van der Waals surface area contributed by atoms with Crippen molar-refractivity contribution in [2.75, 3.05) is 13.2 Å². The van der Waals surface area contributed by atoms with Gasteiger partial charge in [0.15, 0.2) is 5.58 Å². The fourth-order valence-electron chi connectivity index (χ4n) is 1.40. The predicted octanol–water partition coefficient (Wildman–Crippen LogP) is 1.63. The van der Waals surface area contributed by atoms with E-state index in [-0.39, 0.29) is 0 Å². The summed E-state index contributed by atoms with van der Waals surface area (Å²) in [5.74, 6) is 0.309. The van der Waals surface area contributed by atoms with Crippen LogP contribution in [-0.2, 0) is 6.67 Å². The Labute approximate surface area is 85.8 Å². The fraction of sp³-hybridized carbons (Fsp3) is 0.300. The summed E-state index contributed by atoms with van der Waals surface area (Å²) >= 11 is 0. The van der Waals surface area contributed by atoms with Crippen LogP contribution in [0.3, 0.4) is 0 Å². The van der Waals surface area contributed by atoms with Crippen LogP contribution in [0.2, 0.25) is 0 Å². The number of nitrogens with two attached hydrogens (primary N) is 1. The molecule has 5 heteroatoms. The number of aromatic nitrogens is 1. The van der Waals surface area contributed by atoms with Crippen LogP contribution >= 0.6 is 0 Å². The van der Waals surface area contributed by atoms with E-state index in [1.165, 1.54) is 0 Å². The highest BCUT2D eigenvalue weighted by molar-refractivity contribution is 5.85. The van der Waals surface area contributed by atoms with Crippen LogP contribution in [0, 0.1) is 0 Å². The minimum Gasteiger partial charge on any atom is -0.474 e. The van der Waals surface area contributed by atoms with Gasteiger partial charge in [-0.25, -0.2) is 4.39 Å². The van der Waals surface area contributed by atoms with Gasteiger partial charge < -0.3 is 15.0 Å². The van der Waals surface area contributed by atoms with E-state index in [1.54, 1.807) is 18.2 Å². The number of hydrogen-bond donors (Lipinski definition) is 1. The van der Waals surface area contributed by atoms with Crippen LogP contribution in [0.15, 0.2) is 22.7 Å². The second-order valence-electron chi connectivity index (χ2n) is 3.05. The Bertz CT molecular complexity index is 456. The van der Waals surface area contributed by atoms with Gasteiger partial charge in [0.25, 0.3) is 5.88 Å². The lowest BCUT2D eigenvalue weighted by Gasteiger charge is -2.01. The summed E-state index contributed by atoms with van der Waals surface area (Å²) in [4.78, 5) is 0. The molecule has 0 saturated heterocycles. The second-order valence-corrected chi connectivity index (χ2v) is 3.05. The van der Waals surface area contributed by atoms with Gasteiger partial charge in [-0.05, 0) is 16.8 Å². The van der Waals surface area contributed by atoms with Crippen molar-refractivity contribution in [3.8, 4) is 5.88 Å². The molecule has 0 amide bonds. The Morgan fingerprint density at radius 1 is 1.47 bits per heavy atom. The van der Waals surface area contributed by atoms with Crippen molar-refractivity contribution < 1.29 is 13.7 Å². The molecule has 0 aliphatic rings. The molecule has 0 saturated carbocycles. The average molecular weight is 210 g/mol. The molecule has 0 fully saturated rings. The van der Waals surface area contributed by atoms with E-state index in [0.717, 1.165) is 0 Å². The number of nitrogens with zero attached hydrogens (tertiary/aromatic N) is 1. The monoisotopic (exact) mass is 210 g/mol. The third-order valence-electron chi connectivity index (χ3n) is 2.05. The smallest absolute Gasteiger partial charge is 0.262 e. The molecule has 2 aromatic rings. The summed E-state index contributed by atoms with van der Waals surface area (Å²) < 4.78 is 22.9. The van der Waals surface area contributed by atoms with Crippen molar-refractivity contribution in [3.63, 3.8) is 0 Å². The lowest BCUT2D eigenvalue weighted by atomic mass is 10.1. The maximum Gasteiger partial charge on any atom is 0.262 e. The van der Waals surface area contributed by atoms with E-state index >= 15 is 0 Å². The SMILES string of the molecule is NCCOc1noc2cccc(CF)c12. The van der Waals surface area contributed by atoms with E-state index < -0.39 is 6.67 Å². The molecule has 0 atom stereocenters. The highest BCUT2D eigenvalue weighted by atomic mass is 19.1. The number of benzene rings is 1. The molecule has 15 heavy (non-hydrogen) atoms. The normalized spacial score (nSPS) is 10.8. The molecule has 80 valence electrons. The van der Waals surface area contributed by atoms with Gasteiger partial charge in [-0.3, -0.25) is 0 Å². The lowest BCUT2D eigenvalue weighted by Crippen LogP contribution is -2.10. The van der Waals surface area contributed by atoms with E-state index in [9.17, 15) is 4.39 Å². The largest absolute Gasteiger partial charge is 0.474 e. The number of hydrogen-bond acceptors (Lipinski definition) is 4. The standard InChI is InChI=1S/C10H11FN2O2/c11-6-7-2-1-3-8-9(7)10(13-15-8)14-5-4-12/h1-3H,4-6,12H2. The lowest BCUT2D eigenvalue weighted by molar-refractivity contribution is 0.292. The third kappa shape index (κ3) is 1.78. The number of ether oxygens (including phenoxy) is 1. The Balaban J connectivity index is 2.46. The van der Waals surface area contributed by atoms with Gasteiger partial charge in [-0.15, -0.1) is 0 Å². The first-order valence-electron chi connectivity index (χ1n) is 4.63. The molecule has 0 radical (unpaired) electrons. The van der Waals surface area contributed by atoms with Crippen LogP contribution in [0.4, 0.5) is 4.39 Å². The first-order chi connectivity index (χ1) is 7.36. The molecule has 0 bridgehead atoms. The second kappa shape index (κ2) is 4.27. The Morgan fingerprint density at radius 3 is 3.07 bits per heavy atom. The fourth-order valence-corrected chi connectivity index (χ4v) is 1.40. The topological polar surface area (TPSA) is 61.3 Å². The molecule has 2 N–H and O–H groups in total. The summed E-state index contributed by atoms with van der Waals surface area (Å²) in [6, 6.07) is 5.11. The molecule has 1 aromatic carbocycles. The molecule has 1 heterocycles. The van der Waals surface area contributed by atoms with Crippen molar-refractivity contribution >= 4 is 11.0 Å². The van der Waals surface area contributed by atoms with Crippen molar-refractivity contribution in [2.24, 2.45) is 5.73 Å². The van der Waals surface area contributed by atoms with Crippen molar-refractivity contribution in [1.82, 2.24) is 5.16 Å². The van der Waals surface area contributed by atoms with E-state index in [2.05, 4.69) is 5.16 Å². The Kier molecular flexibility index (Phi) is 2.82. The maximum atomic E-state index is 12.7. The summed E-state index contributed by atoms with van der Waals surface area (Å²) in [5, 5.41) is 4.31. The van der Waals surface area contributed by atoms with Gasteiger partial charge in [0.1, 0.15) is 13.3 Å². The zero-order valence-corrected chi connectivity index (χ0v) is 8.07. The molecule has 0 aliphatic heterocycles. The first-order valence-corrected chi connectivity index (χ1v) is 4.63. The van der Waals surface area contributed by atoms with Crippen molar-refractivity contribution in [1.29, 1.82) is 0 Å². The zero-order valence-electron chi connectivity index (χ0n) is 8.07. The number of halogens is 1. The van der Waals surface area contributed by atoms with Crippen molar-refractivity contribution in [2.45, 2.75) is 6.67 Å². The molecular weight excluding hydrogens is 199 g/mol. The van der Waals surface area contributed by atoms with Gasteiger partial charge in [0, 0.05) is 6.54 Å². The van der Waals surface area contributed by atoms with Crippen LogP contribution in [0.5, 0.6) is 5.88 Å². The summed E-state index contributed by atoms with van der Waals surface area (Å²) in [5.41, 5.74) is 6.34. The third-order valence-corrected chi connectivity index (χ3v) is 2.05. The highest BCUT2D eigenvalue weighted by Gasteiger charge is 2.12. The minimum absolute atomic E-state index is 0.309. The number of alkyl halides is 1. The van der Waals surface area contributed by atoms with Gasteiger partial charge in [-0.1, -0.05) is 12.1 Å². The van der Waals surface area contributed by atoms with Crippen LogP contribution in [0.25, 0.3) is 11.0 Å². The highest BCUT2D eigenvalue weighted by Crippen LogP contribution is 2.28. The molecular formula is C10H11FN2O2. The molecule has 0 unspecified atom stereocenters. The summed E-state index contributed by atoms with van der Waals surface area (Å²) in [7, 11) is 0. The number of rotatable bonds is 4. The van der Waals surface area contributed by atoms with Gasteiger partial charge in [0.2, 0.25) is 0 Å². The van der Waals surface area contributed by atoms with Gasteiger partial charge in [0.05, 0.1) is 5.39 Å². The van der Waals surface area contributed by atoms with Crippen LogP contribution in [-0.4, -0.2) is 18.3 Å². The quantitative estimate of drug-likeness (QED) is 0.833. The summed E-state index contributed by atoms with van der Waals surface area (Å²) in [6.07, 6.45) is 0. The first kappa shape index (κ1) is 9.92. The Hall–Kier alpha value is -1.62. The molecule has 0 spiro atoms. The zero-order chi connectivity index (χ0) is 10.7. The maximum absolute atomic E-state index is 12.7. The summed E-state index contributed by atoms with van der Waals surface area (Å²) in [6.45, 7) is 0.145. The Morgan fingerprint density at radius 2 is 2.33 bits per heavy atom. The molecule has 4 nitrogen and oxygen atoms in total. The van der Waals surface area contributed by atoms with E-state index in [4.69, 9.17) is 15.0 Å². The van der Waals surface area contributed by atoms with E-state index in [1.807, 2.05) is 0 Å². The van der Waals surface area contributed by atoms with Crippen LogP contribution in [0.1, 0.15) is 5.56 Å². The number of fused-ring (bicyclic) bond motifs is 1. The van der Waals surface area contributed by atoms with Crippen LogP contribution < -0.4 is 10.5 Å². The van der Waals surface area contributed by atoms with Crippen molar-refractivity contribution in [3.05, 3.63) is 23.8 Å². The van der Waals surface area contributed by atoms with Gasteiger partial charge in [-0.2, -0.15) is 0 Å². The minimum atomic E-state index is -0.572. The van der Waals surface area contributed by atoms with E-state index in [0.29, 0.717) is 35.6 Å². The molecule has 0 aliphatic carbocycles. The van der Waals surface area contributed by atoms with Gasteiger partial charge >= 0.3 is 0 Å². The average Bonchev–Trinajstić information content (AvgIpc) is 2.69. The predicted molar refractivity (Wildman–Crippen MR) is 53.4 cm³/mol.